The molecule has 2 atom stereocenters. The van der Waals surface area contributed by atoms with Crippen LogP contribution in [0.25, 0.3) is 0 Å². The first kappa shape index (κ1) is 9.43. The van der Waals surface area contributed by atoms with E-state index in [1.54, 1.807) is 0 Å². The zero-order chi connectivity index (χ0) is 8.97. The van der Waals surface area contributed by atoms with Crippen LogP contribution in [0.5, 0.6) is 0 Å². The lowest BCUT2D eigenvalue weighted by molar-refractivity contribution is -0.128. The van der Waals surface area contributed by atoms with Gasteiger partial charge in [-0.25, -0.2) is 0 Å². The summed E-state index contributed by atoms with van der Waals surface area (Å²) in [5.41, 5.74) is 0. The second-order valence-electron chi connectivity index (χ2n) is 3.51. The van der Waals surface area contributed by atoms with E-state index in [0.717, 1.165) is 32.0 Å². The maximum atomic E-state index is 11.4. The maximum Gasteiger partial charge on any atom is 0.136 e. The van der Waals surface area contributed by atoms with Gasteiger partial charge in [0.25, 0.3) is 0 Å². The Morgan fingerprint density at radius 2 is 2.08 bits per heavy atom. The van der Waals surface area contributed by atoms with Crippen LogP contribution in [-0.4, -0.2) is 12.1 Å². The van der Waals surface area contributed by atoms with Gasteiger partial charge in [-0.15, -0.1) is 0 Å². The summed E-state index contributed by atoms with van der Waals surface area (Å²) in [6, 6.07) is 0. The van der Waals surface area contributed by atoms with Gasteiger partial charge in [0.2, 0.25) is 0 Å². The molecule has 2 unspecified atom stereocenters. The highest BCUT2D eigenvalue weighted by atomic mass is 16.1. The maximum absolute atomic E-state index is 11.4. The molecule has 1 fully saturated rings. The van der Waals surface area contributed by atoms with E-state index in [1.165, 1.54) is 0 Å². The van der Waals surface area contributed by atoms with Crippen molar-refractivity contribution in [1.29, 1.82) is 0 Å². The topological polar surface area (TPSA) is 34.1 Å². The normalized spacial score (nSPS) is 29.8. The Bertz CT molecular complexity index is 175. The smallest absolute Gasteiger partial charge is 0.136 e. The van der Waals surface area contributed by atoms with Crippen molar-refractivity contribution in [2.24, 2.45) is 11.8 Å². The van der Waals surface area contributed by atoms with E-state index in [0.29, 0.717) is 6.42 Å². The van der Waals surface area contributed by atoms with Crippen LogP contribution in [0.2, 0.25) is 0 Å². The van der Waals surface area contributed by atoms with Crippen LogP contribution in [0.4, 0.5) is 0 Å². The molecular weight excluding hydrogens is 152 g/mol. The summed E-state index contributed by atoms with van der Waals surface area (Å²) in [6.45, 7) is 1.87. The Morgan fingerprint density at radius 1 is 1.42 bits per heavy atom. The number of aldehydes is 1. The fourth-order valence-corrected chi connectivity index (χ4v) is 1.98. The van der Waals surface area contributed by atoms with Crippen LogP contribution >= 0.6 is 0 Å². The van der Waals surface area contributed by atoms with Gasteiger partial charge >= 0.3 is 0 Å². The van der Waals surface area contributed by atoms with Crippen molar-refractivity contribution in [3.05, 3.63) is 0 Å². The third kappa shape index (κ3) is 1.93. The molecule has 0 aromatic rings. The van der Waals surface area contributed by atoms with Gasteiger partial charge in [0, 0.05) is 18.3 Å². The van der Waals surface area contributed by atoms with E-state index in [4.69, 9.17) is 0 Å². The van der Waals surface area contributed by atoms with E-state index in [9.17, 15) is 9.59 Å². The molecule has 1 aliphatic rings. The molecule has 0 spiro atoms. The predicted octanol–water partition coefficient (Wildman–Crippen LogP) is 1.97. The quantitative estimate of drug-likeness (QED) is 0.604. The highest BCUT2D eigenvalue weighted by molar-refractivity contribution is 5.83. The lowest BCUT2D eigenvalue weighted by atomic mass is 9.77. The first-order chi connectivity index (χ1) is 5.79. The highest BCUT2D eigenvalue weighted by Gasteiger charge is 2.28. The van der Waals surface area contributed by atoms with Gasteiger partial charge in [-0.2, -0.15) is 0 Å². The lowest BCUT2D eigenvalue weighted by Crippen LogP contribution is -2.27. The van der Waals surface area contributed by atoms with Crippen LogP contribution in [0.1, 0.15) is 39.0 Å². The Labute approximate surface area is 73.3 Å². The third-order valence-corrected chi connectivity index (χ3v) is 2.76. The molecule has 0 aliphatic heterocycles. The van der Waals surface area contributed by atoms with Crippen LogP contribution in [-0.2, 0) is 9.59 Å². The Kier molecular flexibility index (Phi) is 3.45. The number of ketones is 1. The molecule has 0 N–H and O–H groups in total. The average Bonchev–Trinajstić information content (AvgIpc) is 2.16. The fourth-order valence-electron chi connectivity index (χ4n) is 1.98. The van der Waals surface area contributed by atoms with Crippen molar-refractivity contribution in [1.82, 2.24) is 0 Å². The second-order valence-corrected chi connectivity index (χ2v) is 3.51. The van der Waals surface area contributed by atoms with E-state index in [1.807, 2.05) is 6.92 Å². The Morgan fingerprint density at radius 3 is 2.67 bits per heavy atom. The van der Waals surface area contributed by atoms with E-state index in [-0.39, 0.29) is 17.6 Å². The number of Topliss-reactive ketones (excluding diaryl/α,β-unsaturated/α-hetero) is 1. The SMILES string of the molecule is CCC(=O)C1CCCCC1C=O. The summed E-state index contributed by atoms with van der Waals surface area (Å²) in [5, 5.41) is 0. The first-order valence-corrected chi connectivity index (χ1v) is 4.77. The highest BCUT2D eigenvalue weighted by Crippen LogP contribution is 2.29. The number of carbonyl (C=O) groups excluding carboxylic acids is 2. The minimum absolute atomic E-state index is 0.0196. The standard InChI is InChI=1S/C10H16O2/c1-2-10(12)9-6-4-3-5-8(9)7-11/h7-9H,2-6H2,1H3. The third-order valence-electron chi connectivity index (χ3n) is 2.76. The van der Waals surface area contributed by atoms with Crippen molar-refractivity contribution < 1.29 is 9.59 Å². The van der Waals surface area contributed by atoms with Crippen molar-refractivity contribution in [2.75, 3.05) is 0 Å². The molecule has 0 radical (unpaired) electrons. The summed E-state index contributed by atoms with van der Waals surface area (Å²) >= 11 is 0. The monoisotopic (exact) mass is 168 g/mol. The van der Waals surface area contributed by atoms with E-state index in [2.05, 4.69) is 0 Å². The van der Waals surface area contributed by atoms with Crippen LogP contribution in [0.3, 0.4) is 0 Å². The summed E-state index contributed by atoms with van der Waals surface area (Å²) < 4.78 is 0. The zero-order valence-corrected chi connectivity index (χ0v) is 7.58. The average molecular weight is 168 g/mol. The molecule has 0 aromatic heterocycles. The Hall–Kier alpha value is -0.660. The van der Waals surface area contributed by atoms with Gasteiger partial charge in [0.15, 0.2) is 0 Å². The van der Waals surface area contributed by atoms with Gasteiger partial charge in [-0.1, -0.05) is 19.8 Å². The number of carbonyl (C=O) groups is 2. The van der Waals surface area contributed by atoms with Crippen molar-refractivity contribution in [3.8, 4) is 0 Å². The molecule has 0 bridgehead atoms. The molecule has 2 heteroatoms. The molecule has 0 heterocycles. The number of rotatable bonds is 3. The largest absolute Gasteiger partial charge is 0.303 e. The lowest BCUT2D eigenvalue weighted by Gasteiger charge is -2.25. The molecule has 1 rings (SSSR count). The van der Waals surface area contributed by atoms with E-state index >= 15 is 0 Å². The van der Waals surface area contributed by atoms with Gasteiger partial charge in [0.05, 0.1) is 0 Å². The number of hydrogen-bond acceptors (Lipinski definition) is 2. The predicted molar refractivity (Wildman–Crippen MR) is 46.8 cm³/mol. The summed E-state index contributed by atoms with van der Waals surface area (Å²) in [4.78, 5) is 22.0. The van der Waals surface area contributed by atoms with Crippen LogP contribution < -0.4 is 0 Å². The molecule has 0 saturated heterocycles. The molecule has 0 aromatic carbocycles. The molecule has 1 saturated carbocycles. The van der Waals surface area contributed by atoms with Gasteiger partial charge in [-0.05, 0) is 12.8 Å². The molecule has 1 aliphatic carbocycles. The van der Waals surface area contributed by atoms with Crippen LogP contribution in [0, 0.1) is 11.8 Å². The van der Waals surface area contributed by atoms with Gasteiger partial charge in [0.1, 0.15) is 12.1 Å². The molecule has 2 nitrogen and oxygen atoms in total. The van der Waals surface area contributed by atoms with Crippen LogP contribution in [0.15, 0.2) is 0 Å². The zero-order valence-electron chi connectivity index (χ0n) is 7.58. The molecule has 12 heavy (non-hydrogen) atoms. The second kappa shape index (κ2) is 4.39. The fraction of sp³-hybridized carbons (Fsp3) is 0.800. The Balaban J connectivity index is 2.58. The van der Waals surface area contributed by atoms with E-state index < -0.39 is 0 Å². The van der Waals surface area contributed by atoms with Gasteiger partial charge < -0.3 is 4.79 Å². The molecule has 0 amide bonds. The minimum atomic E-state index is 0.0196. The minimum Gasteiger partial charge on any atom is -0.303 e. The number of hydrogen-bond donors (Lipinski definition) is 0. The van der Waals surface area contributed by atoms with Crippen molar-refractivity contribution in [2.45, 2.75) is 39.0 Å². The first-order valence-electron chi connectivity index (χ1n) is 4.77. The summed E-state index contributed by atoms with van der Waals surface area (Å²) in [7, 11) is 0. The summed E-state index contributed by atoms with van der Waals surface area (Å²) in [6.07, 6.45) is 5.61. The van der Waals surface area contributed by atoms with Crippen molar-refractivity contribution in [3.63, 3.8) is 0 Å². The van der Waals surface area contributed by atoms with Gasteiger partial charge in [-0.3, -0.25) is 4.79 Å². The van der Waals surface area contributed by atoms with Crippen molar-refractivity contribution >= 4 is 12.1 Å². The molecule has 68 valence electrons. The summed E-state index contributed by atoms with van der Waals surface area (Å²) in [5.74, 6) is 0.333. The molecular formula is C10H16O2.